The van der Waals surface area contributed by atoms with Crippen molar-refractivity contribution in [2.24, 2.45) is 16.7 Å². The van der Waals surface area contributed by atoms with Crippen molar-refractivity contribution in [3.8, 4) is 0 Å². The lowest BCUT2D eigenvalue weighted by atomic mass is 9.69. The number of benzene rings is 2. The number of rotatable bonds is 4. The first-order valence-electron chi connectivity index (χ1n) is 10.6. The van der Waals surface area contributed by atoms with E-state index in [1.54, 1.807) is 0 Å². The Morgan fingerprint density at radius 2 is 1.30 bits per heavy atom. The van der Waals surface area contributed by atoms with Crippen molar-refractivity contribution in [2.45, 2.75) is 45.7 Å². The Morgan fingerprint density at radius 1 is 0.800 bits per heavy atom. The molecule has 2 aliphatic carbocycles. The second kappa shape index (κ2) is 8.16. The maximum Gasteiger partial charge on any atom is 0.171 e. The highest BCUT2D eigenvalue weighted by Gasteiger charge is 2.66. The first-order chi connectivity index (χ1) is 14.3. The van der Waals surface area contributed by atoms with Gasteiger partial charge in [0.1, 0.15) is 0 Å². The van der Waals surface area contributed by atoms with Gasteiger partial charge in [0.15, 0.2) is 10.2 Å². The van der Waals surface area contributed by atoms with E-state index in [-0.39, 0.29) is 22.9 Å². The van der Waals surface area contributed by atoms with Crippen LogP contribution in [0.25, 0.3) is 0 Å². The lowest BCUT2D eigenvalue weighted by Gasteiger charge is -2.41. The van der Waals surface area contributed by atoms with Crippen molar-refractivity contribution in [3.05, 3.63) is 60.7 Å². The molecular formula is C24H30N4S2. The monoisotopic (exact) mass is 438 g/mol. The second-order valence-electron chi connectivity index (χ2n) is 9.22. The third-order valence-corrected chi connectivity index (χ3v) is 7.94. The van der Waals surface area contributed by atoms with Crippen molar-refractivity contribution in [3.63, 3.8) is 0 Å². The second-order valence-corrected chi connectivity index (χ2v) is 10.0. The van der Waals surface area contributed by atoms with E-state index in [9.17, 15) is 0 Å². The van der Waals surface area contributed by atoms with Crippen molar-refractivity contribution in [1.29, 1.82) is 0 Å². The van der Waals surface area contributed by atoms with Crippen LogP contribution in [0, 0.1) is 16.7 Å². The molecule has 0 spiro atoms. The third-order valence-electron chi connectivity index (χ3n) is 7.50. The van der Waals surface area contributed by atoms with Crippen LogP contribution in [0.1, 0.15) is 33.6 Å². The third kappa shape index (κ3) is 3.79. The minimum atomic E-state index is 0.125. The summed E-state index contributed by atoms with van der Waals surface area (Å²) >= 11 is 11.4. The Bertz CT molecular complexity index is 915. The van der Waals surface area contributed by atoms with Crippen molar-refractivity contribution < 1.29 is 0 Å². The van der Waals surface area contributed by atoms with Crippen LogP contribution in [0.15, 0.2) is 60.7 Å². The van der Waals surface area contributed by atoms with Gasteiger partial charge in [-0.05, 0) is 78.3 Å². The molecule has 2 aromatic carbocycles. The van der Waals surface area contributed by atoms with Crippen LogP contribution in [0.4, 0.5) is 11.4 Å². The molecule has 2 saturated carbocycles. The Kier molecular flexibility index (Phi) is 5.73. The van der Waals surface area contributed by atoms with Gasteiger partial charge < -0.3 is 21.3 Å². The SMILES string of the molecule is CC1(C)[C@H]2CC[C@]1(C)[C@H](NC(=S)Nc1ccccc1)[C@@H]2NC(=S)Nc1ccccc1. The number of thiocarbonyl (C=S) groups is 2. The highest BCUT2D eigenvalue weighted by atomic mass is 32.1. The molecule has 0 radical (unpaired) electrons. The maximum absolute atomic E-state index is 5.69. The fourth-order valence-electron chi connectivity index (χ4n) is 5.48. The molecule has 0 saturated heterocycles. The summed E-state index contributed by atoms with van der Waals surface area (Å²) in [4.78, 5) is 0. The van der Waals surface area contributed by atoms with Gasteiger partial charge >= 0.3 is 0 Å². The number of anilines is 2. The van der Waals surface area contributed by atoms with Gasteiger partial charge in [-0.25, -0.2) is 0 Å². The van der Waals surface area contributed by atoms with E-state index in [4.69, 9.17) is 24.4 Å². The molecule has 0 aliphatic heterocycles. The van der Waals surface area contributed by atoms with Crippen molar-refractivity contribution in [1.82, 2.24) is 10.6 Å². The van der Waals surface area contributed by atoms with Gasteiger partial charge in [0.05, 0.1) is 12.1 Å². The Labute approximate surface area is 190 Å². The van der Waals surface area contributed by atoms with Gasteiger partial charge in [0, 0.05) is 11.4 Å². The molecule has 2 bridgehead atoms. The first-order valence-corrected chi connectivity index (χ1v) is 11.4. The number of fused-ring (bicyclic) bond motifs is 2. The van der Waals surface area contributed by atoms with Crippen LogP contribution in [0.2, 0.25) is 0 Å². The Hall–Kier alpha value is -2.18. The van der Waals surface area contributed by atoms with Gasteiger partial charge in [-0.2, -0.15) is 0 Å². The summed E-state index contributed by atoms with van der Waals surface area (Å²) in [5.41, 5.74) is 2.30. The largest absolute Gasteiger partial charge is 0.357 e. The predicted octanol–water partition coefficient (Wildman–Crippen LogP) is 5.15. The van der Waals surface area contributed by atoms with Crippen LogP contribution in [-0.4, -0.2) is 22.3 Å². The van der Waals surface area contributed by atoms with Crippen LogP contribution in [0.5, 0.6) is 0 Å². The molecule has 2 aromatic rings. The highest BCUT2D eigenvalue weighted by molar-refractivity contribution is 7.80. The van der Waals surface area contributed by atoms with E-state index in [1.807, 2.05) is 60.7 Å². The minimum Gasteiger partial charge on any atom is -0.357 e. The van der Waals surface area contributed by atoms with E-state index in [1.165, 1.54) is 12.8 Å². The van der Waals surface area contributed by atoms with Crippen LogP contribution >= 0.6 is 24.4 Å². The normalized spacial score (nSPS) is 28.6. The smallest absolute Gasteiger partial charge is 0.171 e. The molecule has 4 nitrogen and oxygen atoms in total. The summed E-state index contributed by atoms with van der Waals surface area (Å²) in [5, 5.41) is 15.2. The van der Waals surface area contributed by atoms with E-state index in [0.29, 0.717) is 16.1 Å². The van der Waals surface area contributed by atoms with E-state index in [2.05, 4.69) is 42.0 Å². The summed E-state index contributed by atoms with van der Waals surface area (Å²) < 4.78 is 0. The number of hydrogen-bond donors (Lipinski definition) is 4. The molecule has 0 unspecified atom stereocenters. The predicted molar refractivity (Wildman–Crippen MR) is 134 cm³/mol. The lowest BCUT2D eigenvalue weighted by molar-refractivity contribution is 0.129. The molecule has 0 heterocycles. The lowest BCUT2D eigenvalue weighted by Crippen LogP contribution is -2.58. The molecule has 0 amide bonds. The number of nitrogens with one attached hydrogen (secondary N) is 4. The molecule has 4 atom stereocenters. The number of hydrogen-bond acceptors (Lipinski definition) is 2. The molecule has 30 heavy (non-hydrogen) atoms. The van der Waals surface area contributed by atoms with Gasteiger partial charge in [0.2, 0.25) is 0 Å². The van der Waals surface area contributed by atoms with E-state index < -0.39 is 0 Å². The first kappa shape index (κ1) is 21.1. The quantitative estimate of drug-likeness (QED) is 0.495. The zero-order valence-electron chi connectivity index (χ0n) is 17.7. The average molecular weight is 439 g/mol. The molecule has 0 aromatic heterocycles. The molecule has 4 N–H and O–H groups in total. The highest BCUT2D eigenvalue weighted by Crippen LogP contribution is 2.65. The Balaban J connectivity index is 1.50. The molecule has 4 rings (SSSR count). The van der Waals surface area contributed by atoms with Gasteiger partial charge in [0.25, 0.3) is 0 Å². The summed E-state index contributed by atoms with van der Waals surface area (Å²) in [6, 6.07) is 20.5. The summed E-state index contributed by atoms with van der Waals surface area (Å²) in [5.74, 6) is 0.523. The van der Waals surface area contributed by atoms with Crippen molar-refractivity contribution in [2.75, 3.05) is 10.6 Å². The van der Waals surface area contributed by atoms with Crippen molar-refractivity contribution >= 4 is 46.0 Å². The Morgan fingerprint density at radius 3 is 1.83 bits per heavy atom. The van der Waals surface area contributed by atoms with E-state index >= 15 is 0 Å². The summed E-state index contributed by atoms with van der Waals surface area (Å²) in [6.45, 7) is 7.18. The van der Waals surface area contributed by atoms with E-state index in [0.717, 1.165) is 11.4 Å². The number of para-hydroxylation sites is 2. The fraction of sp³-hybridized carbons (Fsp3) is 0.417. The zero-order chi connectivity index (χ0) is 21.4. The maximum atomic E-state index is 5.69. The molecule has 6 heteroatoms. The summed E-state index contributed by atoms with van der Waals surface area (Å²) in [6.07, 6.45) is 2.39. The fourth-order valence-corrected chi connectivity index (χ4v) is 5.98. The molecule has 158 valence electrons. The van der Waals surface area contributed by atoms with Gasteiger partial charge in [-0.3, -0.25) is 0 Å². The standard InChI is InChI=1S/C24H30N4S2/c1-23(2)18-14-15-24(23,3)20(28-22(30)26-17-12-8-5-9-13-17)19(18)27-21(29)25-16-10-6-4-7-11-16/h4-13,18-20H,14-15H2,1-3H3,(H2,25,27,29)(H2,26,28,30)/t18-,19+,20+,24+/m0/s1. The minimum absolute atomic E-state index is 0.125. The molecule has 2 aliphatic rings. The molecule has 2 fully saturated rings. The van der Waals surface area contributed by atoms with Crippen LogP contribution in [-0.2, 0) is 0 Å². The zero-order valence-corrected chi connectivity index (χ0v) is 19.4. The summed E-state index contributed by atoms with van der Waals surface area (Å²) in [7, 11) is 0. The van der Waals surface area contributed by atoms with Crippen LogP contribution in [0.3, 0.4) is 0 Å². The topological polar surface area (TPSA) is 48.1 Å². The average Bonchev–Trinajstić information content (AvgIpc) is 3.03. The van der Waals surface area contributed by atoms with Gasteiger partial charge in [-0.15, -0.1) is 0 Å². The van der Waals surface area contributed by atoms with Crippen LogP contribution < -0.4 is 21.3 Å². The van der Waals surface area contributed by atoms with Gasteiger partial charge in [-0.1, -0.05) is 57.2 Å². The molecular weight excluding hydrogens is 408 g/mol.